The smallest absolute Gasteiger partial charge is 0.220 e. The van der Waals surface area contributed by atoms with Crippen LogP contribution >= 0.6 is 0 Å². The van der Waals surface area contributed by atoms with Crippen molar-refractivity contribution in [3.63, 3.8) is 0 Å². The van der Waals surface area contributed by atoms with Gasteiger partial charge in [0.1, 0.15) is 0 Å². The highest BCUT2D eigenvalue weighted by molar-refractivity contribution is 5.76. The minimum atomic E-state index is -0.689. The molecule has 1 rings (SSSR count). The van der Waals surface area contributed by atoms with E-state index >= 15 is 0 Å². The topological polar surface area (TPSA) is 71.0 Å². The maximum Gasteiger partial charge on any atom is 0.220 e. The Bertz CT molecular complexity index is 585. The molecule has 0 aromatic carbocycles. The third-order valence-electron chi connectivity index (χ3n) is 9.06. The van der Waals surface area contributed by atoms with Crippen LogP contribution in [0.5, 0.6) is 0 Å². The Hall–Kier alpha value is -0.690. The van der Waals surface area contributed by atoms with E-state index in [1.54, 1.807) is 0 Å². The number of carbonyl (C=O) groups is 1. The Morgan fingerprint density at radius 2 is 1.09 bits per heavy atom. The van der Waals surface area contributed by atoms with E-state index in [0.717, 1.165) is 32.4 Å². The van der Waals surface area contributed by atoms with Gasteiger partial charge >= 0.3 is 0 Å². The summed E-state index contributed by atoms with van der Waals surface area (Å²) in [5, 5.41) is 14.1. The summed E-state index contributed by atoms with van der Waals surface area (Å²) in [4.78, 5) is 15.1. The Morgan fingerprint density at radius 1 is 0.674 bits per heavy atom. The molecule has 1 fully saturated rings. The lowest BCUT2D eigenvalue weighted by Gasteiger charge is -2.33. The molecule has 1 aliphatic heterocycles. The fraction of sp³-hybridized carbons (Fsp3) is 0.973. The van der Waals surface area contributed by atoms with Crippen molar-refractivity contribution in [3.8, 4) is 0 Å². The Balaban J connectivity index is 2.14. The molecule has 1 amide bonds. The number of nitrogens with zero attached hydrogens (tertiary/aromatic N) is 1. The quantitative estimate of drug-likeness (QED) is 0.0744. The average molecular weight is 611 g/mol. The van der Waals surface area contributed by atoms with Gasteiger partial charge in [-0.15, -0.1) is 0 Å². The number of unbranched alkanes of at least 4 members (excludes halogenated alkanes) is 22. The Labute approximate surface area is 267 Å². The van der Waals surface area contributed by atoms with Crippen molar-refractivity contribution in [3.05, 3.63) is 0 Å². The zero-order valence-electron chi connectivity index (χ0n) is 28.9. The van der Waals surface area contributed by atoms with Crippen LogP contribution in [0.1, 0.15) is 174 Å². The van der Waals surface area contributed by atoms with E-state index in [2.05, 4.69) is 24.1 Å². The highest BCUT2D eigenvalue weighted by Crippen LogP contribution is 2.14. The first kappa shape index (κ1) is 40.3. The Kier molecular flexibility index (Phi) is 29.4. The monoisotopic (exact) mass is 611 g/mol. The molecule has 0 unspecified atom stereocenters. The third-order valence-corrected chi connectivity index (χ3v) is 9.06. The van der Waals surface area contributed by atoms with E-state index in [-0.39, 0.29) is 18.6 Å². The average Bonchev–Trinajstić information content (AvgIpc) is 3.01. The SMILES string of the molecule is CCCCCCCCCCCCCCCC(=O)N[C@H](CN1CCOCC1)[C@H](O)COCCCCCCCCCCCCC. The van der Waals surface area contributed by atoms with Crippen molar-refractivity contribution in [1.29, 1.82) is 0 Å². The molecule has 0 aliphatic carbocycles. The highest BCUT2D eigenvalue weighted by atomic mass is 16.5. The Morgan fingerprint density at radius 3 is 1.56 bits per heavy atom. The van der Waals surface area contributed by atoms with Crippen molar-refractivity contribution < 1.29 is 19.4 Å². The van der Waals surface area contributed by atoms with Crippen LogP contribution < -0.4 is 5.32 Å². The van der Waals surface area contributed by atoms with Crippen LogP contribution in [0.25, 0.3) is 0 Å². The van der Waals surface area contributed by atoms with Crippen LogP contribution in [0.4, 0.5) is 0 Å². The molecule has 256 valence electrons. The van der Waals surface area contributed by atoms with Gasteiger partial charge in [-0.1, -0.05) is 155 Å². The van der Waals surface area contributed by atoms with Gasteiger partial charge in [0.15, 0.2) is 0 Å². The molecular formula is C37H74N2O4. The molecule has 2 atom stereocenters. The maximum absolute atomic E-state index is 12.8. The standard InChI is InChI=1S/C37H74N2O4/c1-3-5-7-9-11-13-15-16-17-19-21-23-25-27-37(41)38-35(33-39-28-31-42-32-29-39)36(40)34-43-30-26-24-22-20-18-14-12-10-8-6-4-2/h35-36,40H,3-34H2,1-2H3,(H,38,41)/t35-,36-/m1/s1. The first-order valence-electron chi connectivity index (χ1n) is 19.0. The molecule has 0 aromatic heterocycles. The second kappa shape index (κ2) is 31.3. The van der Waals surface area contributed by atoms with Gasteiger partial charge in [0, 0.05) is 32.7 Å². The van der Waals surface area contributed by atoms with Crippen LogP contribution in [-0.2, 0) is 14.3 Å². The predicted molar refractivity (Wildman–Crippen MR) is 183 cm³/mol. The number of aliphatic hydroxyl groups excluding tert-OH is 1. The number of hydrogen-bond donors (Lipinski definition) is 2. The van der Waals surface area contributed by atoms with Crippen molar-refractivity contribution >= 4 is 5.91 Å². The largest absolute Gasteiger partial charge is 0.389 e. The van der Waals surface area contributed by atoms with Crippen LogP contribution in [0.2, 0.25) is 0 Å². The van der Waals surface area contributed by atoms with E-state index in [1.807, 2.05) is 0 Å². The van der Waals surface area contributed by atoms with Gasteiger partial charge in [0.05, 0.1) is 32.0 Å². The summed E-state index contributed by atoms with van der Waals surface area (Å²) in [5.41, 5.74) is 0. The second-order valence-corrected chi connectivity index (χ2v) is 13.3. The number of rotatable bonds is 32. The van der Waals surface area contributed by atoms with E-state index in [1.165, 1.54) is 135 Å². The zero-order valence-corrected chi connectivity index (χ0v) is 28.9. The van der Waals surface area contributed by atoms with E-state index in [4.69, 9.17) is 9.47 Å². The predicted octanol–water partition coefficient (Wildman–Crippen LogP) is 8.97. The van der Waals surface area contributed by atoms with Crippen LogP contribution in [0, 0.1) is 0 Å². The molecule has 2 N–H and O–H groups in total. The van der Waals surface area contributed by atoms with E-state index in [0.29, 0.717) is 32.8 Å². The number of morpholine rings is 1. The molecule has 0 spiro atoms. The molecule has 1 saturated heterocycles. The summed E-state index contributed by atoms with van der Waals surface area (Å²) in [7, 11) is 0. The molecule has 6 heteroatoms. The van der Waals surface area contributed by atoms with Gasteiger partial charge in [0.25, 0.3) is 0 Å². The van der Waals surface area contributed by atoms with Crippen LogP contribution in [0.15, 0.2) is 0 Å². The number of hydrogen-bond acceptors (Lipinski definition) is 5. The van der Waals surface area contributed by atoms with Crippen molar-refractivity contribution in [2.45, 2.75) is 187 Å². The lowest BCUT2D eigenvalue weighted by atomic mass is 10.0. The molecule has 0 radical (unpaired) electrons. The van der Waals surface area contributed by atoms with Crippen molar-refractivity contribution in [1.82, 2.24) is 10.2 Å². The maximum atomic E-state index is 12.8. The summed E-state index contributed by atoms with van der Waals surface area (Å²) in [6.07, 6.45) is 31.3. The van der Waals surface area contributed by atoms with Gasteiger partial charge in [-0.05, 0) is 12.8 Å². The summed E-state index contributed by atoms with van der Waals surface area (Å²) < 4.78 is 11.4. The highest BCUT2D eigenvalue weighted by Gasteiger charge is 2.25. The molecule has 0 bridgehead atoms. The summed E-state index contributed by atoms with van der Waals surface area (Å²) >= 11 is 0. The first-order valence-corrected chi connectivity index (χ1v) is 19.0. The van der Waals surface area contributed by atoms with Gasteiger partial charge < -0.3 is 19.9 Å². The normalized spacial score (nSPS) is 15.5. The summed E-state index contributed by atoms with van der Waals surface area (Å²) in [6.45, 7) is 9.28. The lowest BCUT2D eigenvalue weighted by Crippen LogP contribution is -2.53. The minimum absolute atomic E-state index is 0.0609. The van der Waals surface area contributed by atoms with Gasteiger partial charge in [0.2, 0.25) is 5.91 Å². The third kappa shape index (κ3) is 26.3. The van der Waals surface area contributed by atoms with Gasteiger partial charge in [-0.2, -0.15) is 0 Å². The molecular weight excluding hydrogens is 536 g/mol. The summed E-state index contributed by atoms with van der Waals surface area (Å²) in [6, 6.07) is -0.301. The fourth-order valence-electron chi connectivity index (χ4n) is 6.10. The molecule has 6 nitrogen and oxygen atoms in total. The van der Waals surface area contributed by atoms with Crippen LogP contribution in [-0.4, -0.2) is 74.1 Å². The second-order valence-electron chi connectivity index (χ2n) is 13.3. The fourth-order valence-corrected chi connectivity index (χ4v) is 6.10. The molecule has 1 aliphatic rings. The molecule has 43 heavy (non-hydrogen) atoms. The number of aliphatic hydroxyl groups is 1. The van der Waals surface area contributed by atoms with Gasteiger partial charge in [-0.25, -0.2) is 0 Å². The summed E-state index contributed by atoms with van der Waals surface area (Å²) in [5.74, 6) is 0.0609. The number of carbonyl (C=O) groups excluding carboxylic acids is 1. The first-order chi connectivity index (χ1) is 21.2. The number of nitrogens with one attached hydrogen (secondary N) is 1. The number of ether oxygens (including phenoxy) is 2. The lowest BCUT2D eigenvalue weighted by molar-refractivity contribution is -0.123. The molecule has 0 saturated carbocycles. The van der Waals surface area contributed by atoms with Crippen LogP contribution in [0.3, 0.4) is 0 Å². The van der Waals surface area contributed by atoms with E-state index in [9.17, 15) is 9.90 Å². The molecule has 0 aromatic rings. The van der Waals surface area contributed by atoms with Gasteiger partial charge in [-0.3, -0.25) is 9.69 Å². The molecule has 1 heterocycles. The zero-order chi connectivity index (χ0) is 31.1. The van der Waals surface area contributed by atoms with E-state index < -0.39 is 6.10 Å². The minimum Gasteiger partial charge on any atom is -0.389 e. The van der Waals surface area contributed by atoms with Crippen molar-refractivity contribution in [2.24, 2.45) is 0 Å². The number of amides is 1. The van der Waals surface area contributed by atoms with Crippen molar-refractivity contribution in [2.75, 3.05) is 46.1 Å².